The van der Waals surface area contributed by atoms with Gasteiger partial charge in [-0.25, -0.2) is 8.78 Å². The molecule has 0 bridgehead atoms. The maximum absolute atomic E-state index is 13.6. The Balaban J connectivity index is 2.10. The minimum atomic E-state index is -0.770. The second-order valence-corrected chi connectivity index (χ2v) is 4.06. The second-order valence-electron chi connectivity index (χ2n) is 4.06. The van der Waals surface area contributed by atoms with Crippen molar-refractivity contribution in [2.75, 3.05) is 5.32 Å². The zero-order valence-corrected chi connectivity index (χ0v) is 10.1. The number of anilines is 1. The average Bonchev–Trinajstić information content (AvgIpc) is 2.41. The van der Waals surface area contributed by atoms with Crippen molar-refractivity contribution in [3.8, 4) is 5.75 Å². The Morgan fingerprint density at radius 2 is 1.90 bits per heavy atom. The van der Waals surface area contributed by atoms with Crippen LogP contribution in [0.25, 0.3) is 0 Å². The van der Waals surface area contributed by atoms with Crippen molar-refractivity contribution in [3.05, 3.63) is 63.7 Å². The fourth-order valence-electron chi connectivity index (χ4n) is 1.62. The van der Waals surface area contributed by atoms with Crippen molar-refractivity contribution in [2.45, 2.75) is 6.54 Å². The lowest BCUT2D eigenvalue weighted by Gasteiger charge is -2.08. The number of non-ortho nitro benzene ring substituents is 1. The molecule has 0 heterocycles. The maximum atomic E-state index is 13.6. The Morgan fingerprint density at radius 3 is 2.50 bits per heavy atom. The van der Waals surface area contributed by atoms with Crippen LogP contribution >= 0.6 is 0 Å². The lowest BCUT2D eigenvalue weighted by molar-refractivity contribution is -0.385. The van der Waals surface area contributed by atoms with Crippen molar-refractivity contribution in [3.63, 3.8) is 0 Å². The average molecular weight is 280 g/mol. The predicted molar refractivity (Wildman–Crippen MR) is 68.4 cm³/mol. The van der Waals surface area contributed by atoms with Gasteiger partial charge < -0.3 is 10.4 Å². The van der Waals surface area contributed by atoms with Gasteiger partial charge in [-0.2, -0.15) is 0 Å². The molecule has 0 saturated carbocycles. The molecule has 0 saturated heterocycles. The van der Waals surface area contributed by atoms with Gasteiger partial charge in [-0.15, -0.1) is 0 Å². The molecule has 7 heteroatoms. The first-order chi connectivity index (χ1) is 9.47. The van der Waals surface area contributed by atoms with Crippen molar-refractivity contribution in [1.29, 1.82) is 0 Å². The van der Waals surface area contributed by atoms with E-state index < -0.39 is 22.3 Å². The Labute approximate surface area is 112 Å². The molecule has 0 spiro atoms. The third kappa shape index (κ3) is 3.00. The summed E-state index contributed by atoms with van der Waals surface area (Å²) in [5.41, 5.74) is 0.228. The molecule has 2 aromatic carbocycles. The van der Waals surface area contributed by atoms with E-state index in [2.05, 4.69) is 5.32 Å². The summed E-state index contributed by atoms with van der Waals surface area (Å²) < 4.78 is 26.7. The van der Waals surface area contributed by atoms with Gasteiger partial charge in [0.25, 0.3) is 5.69 Å². The second kappa shape index (κ2) is 5.52. The van der Waals surface area contributed by atoms with Crippen molar-refractivity contribution in [1.82, 2.24) is 0 Å². The first kappa shape index (κ1) is 13.7. The zero-order chi connectivity index (χ0) is 14.7. The van der Waals surface area contributed by atoms with Crippen LogP contribution < -0.4 is 5.32 Å². The number of phenols is 1. The summed E-state index contributed by atoms with van der Waals surface area (Å²) in [5, 5.41) is 22.2. The number of hydrogen-bond acceptors (Lipinski definition) is 4. The van der Waals surface area contributed by atoms with E-state index in [0.29, 0.717) is 5.56 Å². The van der Waals surface area contributed by atoms with Crippen molar-refractivity contribution >= 4 is 11.4 Å². The smallest absolute Gasteiger partial charge is 0.272 e. The fourth-order valence-corrected chi connectivity index (χ4v) is 1.62. The minimum absolute atomic E-state index is 0.0732. The summed E-state index contributed by atoms with van der Waals surface area (Å²) in [7, 11) is 0. The van der Waals surface area contributed by atoms with Crippen LogP contribution in [0.5, 0.6) is 5.75 Å². The van der Waals surface area contributed by atoms with E-state index >= 15 is 0 Å². The number of aromatic hydroxyl groups is 1. The molecule has 0 fully saturated rings. The normalized spacial score (nSPS) is 10.3. The lowest BCUT2D eigenvalue weighted by Crippen LogP contribution is -2.02. The third-order valence-corrected chi connectivity index (χ3v) is 2.66. The first-order valence-corrected chi connectivity index (χ1v) is 5.62. The molecule has 2 aromatic rings. The number of phenolic OH excluding ortho intramolecular Hbond substituents is 1. The Hall–Kier alpha value is -2.70. The van der Waals surface area contributed by atoms with E-state index in [1.165, 1.54) is 24.3 Å². The number of nitro groups is 1. The molecular weight excluding hydrogens is 270 g/mol. The van der Waals surface area contributed by atoms with E-state index in [1.54, 1.807) is 0 Å². The van der Waals surface area contributed by atoms with Gasteiger partial charge in [-0.1, -0.05) is 6.07 Å². The van der Waals surface area contributed by atoms with E-state index in [9.17, 15) is 18.9 Å². The summed E-state index contributed by atoms with van der Waals surface area (Å²) in [4.78, 5) is 9.77. The monoisotopic (exact) mass is 280 g/mol. The fraction of sp³-hybridized carbons (Fsp3) is 0.0769. The molecule has 0 aromatic heterocycles. The zero-order valence-electron chi connectivity index (χ0n) is 10.1. The molecule has 104 valence electrons. The van der Waals surface area contributed by atoms with Crippen LogP contribution in [-0.2, 0) is 6.54 Å². The maximum Gasteiger partial charge on any atom is 0.272 e. The van der Waals surface area contributed by atoms with Crippen LogP contribution in [0, 0.1) is 21.7 Å². The Morgan fingerprint density at radius 1 is 1.15 bits per heavy atom. The summed E-state index contributed by atoms with van der Waals surface area (Å²) in [6.07, 6.45) is 0. The summed E-state index contributed by atoms with van der Waals surface area (Å²) in [6.45, 7) is 0.117. The van der Waals surface area contributed by atoms with Gasteiger partial charge >= 0.3 is 0 Å². The number of nitrogens with zero attached hydrogens (tertiary/aromatic N) is 1. The van der Waals surface area contributed by atoms with Gasteiger partial charge in [-0.05, 0) is 23.8 Å². The van der Waals surface area contributed by atoms with Crippen molar-refractivity contribution < 1.29 is 18.8 Å². The van der Waals surface area contributed by atoms with Crippen LogP contribution in [0.15, 0.2) is 36.4 Å². The Bertz CT molecular complexity index is 662. The highest BCUT2D eigenvalue weighted by molar-refractivity contribution is 5.50. The molecule has 5 nitrogen and oxygen atoms in total. The number of benzene rings is 2. The number of halogens is 2. The number of nitrogens with one attached hydrogen (secondary N) is 1. The summed E-state index contributed by atoms with van der Waals surface area (Å²) in [5.74, 6) is -2.00. The molecule has 0 atom stereocenters. The highest BCUT2D eigenvalue weighted by atomic mass is 19.1. The van der Waals surface area contributed by atoms with Crippen molar-refractivity contribution in [2.24, 2.45) is 0 Å². The molecule has 0 amide bonds. The first-order valence-electron chi connectivity index (χ1n) is 5.62. The van der Waals surface area contributed by atoms with Gasteiger partial charge in [0.1, 0.15) is 0 Å². The minimum Gasteiger partial charge on any atom is -0.505 e. The third-order valence-electron chi connectivity index (χ3n) is 2.66. The van der Waals surface area contributed by atoms with Gasteiger partial charge in [0.2, 0.25) is 0 Å². The highest BCUT2D eigenvalue weighted by Crippen LogP contribution is 2.22. The topological polar surface area (TPSA) is 75.4 Å². The molecule has 20 heavy (non-hydrogen) atoms. The molecule has 0 aliphatic rings. The standard InChI is InChI=1S/C13H10F2N2O3/c14-10-6-9(17(19)20)2-3-12(10)16-7-8-1-4-13(18)11(15)5-8/h1-6,16,18H,7H2. The molecular formula is C13H10F2N2O3. The van der Waals surface area contributed by atoms with Crippen LogP contribution in [0.4, 0.5) is 20.2 Å². The summed E-state index contributed by atoms with van der Waals surface area (Å²) >= 11 is 0. The van der Waals surface area contributed by atoms with Crippen LogP contribution in [0.3, 0.4) is 0 Å². The van der Waals surface area contributed by atoms with Gasteiger partial charge in [0.15, 0.2) is 17.4 Å². The molecule has 0 radical (unpaired) electrons. The molecule has 0 unspecified atom stereocenters. The molecule has 2 N–H and O–H groups in total. The van der Waals surface area contributed by atoms with Gasteiger partial charge in [0.05, 0.1) is 16.7 Å². The van der Waals surface area contributed by atoms with Crippen LogP contribution in [0.1, 0.15) is 5.56 Å². The van der Waals surface area contributed by atoms with E-state index in [-0.39, 0.29) is 17.9 Å². The quantitative estimate of drug-likeness (QED) is 0.666. The number of hydrogen-bond donors (Lipinski definition) is 2. The summed E-state index contributed by atoms with van der Waals surface area (Å²) in [6, 6.07) is 7.01. The molecule has 2 rings (SSSR count). The Kier molecular flexibility index (Phi) is 3.79. The van der Waals surface area contributed by atoms with E-state index in [0.717, 1.165) is 12.1 Å². The molecule has 0 aliphatic carbocycles. The van der Waals surface area contributed by atoms with E-state index in [4.69, 9.17) is 5.11 Å². The van der Waals surface area contributed by atoms with Gasteiger partial charge in [-0.3, -0.25) is 10.1 Å². The highest BCUT2D eigenvalue weighted by Gasteiger charge is 2.10. The number of nitro benzene ring substituents is 1. The molecule has 0 aliphatic heterocycles. The SMILES string of the molecule is O=[N+]([O-])c1ccc(NCc2ccc(O)c(F)c2)c(F)c1. The lowest BCUT2D eigenvalue weighted by atomic mass is 10.2. The van der Waals surface area contributed by atoms with Gasteiger partial charge in [0, 0.05) is 12.6 Å². The van der Waals surface area contributed by atoms with Crippen LogP contribution in [-0.4, -0.2) is 10.0 Å². The largest absolute Gasteiger partial charge is 0.505 e. The predicted octanol–water partition coefficient (Wildman–Crippen LogP) is 3.19. The van der Waals surface area contributed by atoms with Crippen LogP contribution in [0.2, 0.25) is 0 Å². The van der Waals surface area contributed by atoms with E-state index in [1.807, 2.05) is 0 Å². The number of rotatable bonds is 4.